The minimum Gasteiger partial charge on any atom is -0.387 e. The second-order valence-corrected chi connectivity index (χ2v) is 7.89. The van der Waals surface area contributed by atoms with E-state index in [0.29, 0.717) is 0 Å². The fraction of sp³-hybridized carbons (Fsp3) is 0.455. The zero-order valence-corrected chi connectivity index (χ0v) is 13.5. The summed E-state index contributed by atoms with van der Waals surface area (Å²) in [5.41, 5.74) is -0.0803. The Morgan fingerprint density at radius 1 is 1.43 bits per heavy atom. The van der Waals surface area contributed by atoms with Crippen LogP contribution in [-0.4, -0.2) is 42.6 Å². The molecule has 0 saturated heterocycles. The Kier molecular flexibility index (Phi) is 5.81. The Morgan fingerprint density at radius 2 is 2.05 bits per heavy atom. The van der Waals surface area contributed by atoms with Crippen LogP contribution in [0, 0.1) is 10.1 Å². The Hall–Kier alpha value is -1.52. The van der Waals surface area contributed by atoms with Crippen LogP contribution in [0.5, 0.6) is 0 Å². The number of non-ortho nitro benzene ring substituents is 1. The van der Waals surface area contributed by atoms with Crippen LogP contribution in [0.2, 0.25) is 0 Å². The highest BCUT2D eigenvalue weighted by atomic mass is 32.2. The fourth-order valence-electron chi connectivity index (χ4n) is 1.48. The first-order chi connectivity index (χ1) is 9.69. The fourth-order valence-corrected chi connectivity index (χ4v) is 3.23. The standard InChI is InChI=1S/C11H17N3O5S2/c1-8(20(3)17)7-13-21(18,19)11-5-4-9(14(15)16)6-10(11)12-2/h4-6,8,12-13H,7H2,1-3H3. The van der Waals surface area contributed by atoms with Crippen LogP contribution in [0.3, 0.4) is 0 Å². The van der Waals surface area contributed by atoms with E-state index >= 15 is 0 Å². The number of hydrogen-bond acceptors (Lipinski definition) is 6. The van der Waals surface area contributed by atoms with E-state index in [1.807, 2.05) is 0 Å². The highest BCUT2D eigenvalue weighted by Crippen LogP contribution is 2.25. The Morgan fingerprint density at radius 3 is 2.52 bits per heavy atom. The first-order valence-corrected chi connectivity index (χ1v) is 9.07. The SMILES string of the molecule is CNc1cc([N+](=O)[O-])ccc1S(=O)(=O)NCC(C)S(C)=O. The summed E-state index contributed by atoms with van der Waals surface area (Å²) in [6.07, 6.45) is 1.49. The summed E-state index contributed by atoms with van der Waals surface area (Å²) in [6, 6.07) is 3.44. The van der Waals surface area contributed by atoms with Crippen molar-refractivity contribution in [3.05, 3.63) is 28.3 Å². The number of rotatable bonds is 7. The van der Waals surface area contributed by atoms with Gasteiger partial charge in [-0.1, -0.05) is 0 Å². The van der Waals surface area contributed by atoms with Crippen LogP contribution < -0.4 is 10.0 Å². The maximum atomic E-state index is 12.2. The molecule has 1 aromatic carbocycles. The van der Waals surface area contributed by atoms with Crippen LogP contribution in [0.1, 0.15) is 6.92 Å². The minimum absolute atomic E-state index is 0.0194. The number of hydrogen-bond donors (Lipinski definition) is 2. The topological polar surface area (TPSA) is 118 Å². The summed E-state index contributed by atoms with van der Waals surface area (Å²) in [7, 11) is -3.52. The van der Waals surface area contributed by atoms with E-state index in [9.17, 15) is 22.7 Å². The first-order valence-electron chi connectivity index (χ1n) is 5.97. The number of benzene rings is 1. The number of nitrogens with zero attached hydrogens (tertiary/aromatic N) is 1. The summed E-state index contributed by atoms with van der Waals surface area (Å²) in [4.78, 5) is 10.0. The molecule has 8 nitrogen and oxygen atoms in total. The molecule has 0 aliphatic heterocycles. The van der Waals surface area contributed by atoms with E-state index in [1.54, 1.807) is 6.92 Å². The highest BCUT2D eigenvalue weighted by Gasteiger charge is 2.22. The third-order valence-electron chi connectivity index (χ3n) is 2.86. The van der Waals surface area contributed by atoms with Gasteiger partial charge in [0.25, 0.3) is 5.69 Å². The Bertz CT molecular complexity index is 660. The van der Waals surface area contributed by atoms with Gasteiger partial charge in [0.15, 0.2) is 0 Å². The van der Waals surface area contributed by atoms with Crippen molar-refractivity contribution >= 4 is 32.2 Å². The number of nitrogens with one attached hydrogen (secondary N) is 2. The second-order valence-electron chi connectivity index (χ2n) is 4.35. The van der Waals surface area contributed by atoms with E-state index in [1.165, 1.54) is 19.4 Å². The molecule has 0 bridgehead atoms. The van der Waals surface area contributed by atoms with Gasteiger partial charge in [-0.2, -0.15) is 0 Å². The first kappa shape index (κ1) is 17.5. The molecule has 0 aliphatic rings. The molecule has 1 rings (SSSR count). The quantitative estimate of drug-likeness (QED) is 0.559. The zero-order chi connectivity index (χ0) is 16.2. The van der Waals surface area contributed by atoms with Crippen LogP contribution in [-0.2, 0) is 20.8 Å². The largest absolute Gasteiger partial charge is 0.387 e. The maximum absolute atomic E-state index is 12.2. The van der Waals surface area contributed by atoms with Crippen LogP contribution in [0.4, 0.5) is 11.4 Å². The van der Waals surface area contributed by atoms with E-state index in [2.05, 4.69) is 10.0 Å². The van der Waals surface area contributed by atoms with Gasteiger partial charge in [-0.3, -0.25) is 14.3 Å². The molecule has 0 spiro atoms. The molecular weight excluding hydrogens is 318 g/mol. The van der Waals surface area contributed by atoms with Crippen molar-refractivity contribution in [3.8, 4) is 0 Å². The van der Waals surface area contributed by atoms with Crippen LogP contribution >= 0.6 is 0 Å². The molecule has 0 radical (unpaired) electrons. The predicted octanol–water partition coefficient (Wildman–Crippen LogP) is 0.682. The van der Waals surface area contributed by atoms with E-state index < -0.39 is 25.7 Å². The summed E-state index contributed by atoms with van der Waals surface area (Å²) < 4.78 is 38.0. The molecule has 2 atom stereocenters. The Labute approximate surface area is 125 Å². The number of nitro benzene ring substituents is 1. The zero-order valence-electron chi connectivity index (χ0n) is 11.8. The van der Waals surface area contributed by atoms with Crippen molar-refractivity contribution < 1.29 is 17.6 Å². The van der Waals surface area contributed by atoms with Crippen molar-refractivity contribution in [3.63, 3.8) is 0 Å². The molecule has 118 valence electrons. The summed E-state index contributed by atoms with van der Waals surface area (Å²) in [6.45, 7) is 1.68. The van der Waals surface area contributed by atoms with Crippen molar-refractivity contribution in [2.45, 2.75) is 17.1 Å². The van der Waals surface area contributed by atoms with Crippen molar-refractivity contribution in [1.82, 2.24) is 4.72 Å². The van der Waals surface area contributed by atoms with Gasteiger partial charge < -0.3 is 5.32 Å². The minimum atomic E-state index is -3.84. The van der Waals surface area contributed by atoms with Crippen molar-refractivity contribution in [2.24, 2.45) is 0 Å². The van der Waals surface area contributed by atoms with Gasteiger partial charge in [-0.25, -0.2) is 13.1 Å². The molecular formula is C11H17N3O5S2. The summed E-state index contributed by atoms with van der Waals surface area (Å²) in [5, 5.41) is 13.0. The van der Waals surface area contributed by atoms with Crippen molar-refractivity contribution in [2.75, 3.05) is 25.2 Å². The van der Waals surface area contributed by atoms with Gasteiger partial charge in [0, 0.05) is 48.0 Å². The van der Waals surface area contributed by atoms with E-state index in [-0.39, 0.29) is 28.1 Å². The van der Waals surface area contributed by atoms with Crippen LogP contribution in [0.25, 0.3) is 0 Å². The molecule has 2 N–H and O–H groups in total. The highest BCUT2D eigenvalue weighted by molar-refractivity contribution is 7.89. The number of anilines is 1. The van der Waals surface area contributed by atoms with E-state index in [0.717, 1.165) is 12.1 Å². The predicted molar refractivity (Wildman–Crippen MR) is 81.4 cm³/mol. The van der Waals surface area contributed by atoms with Crippen LogP contribution in [0.15, 0.2) is 23.1 Å². The molecule has 0 amide bonds. The van der Waals surface area contributed by atoms with E-state index in [4.69, 9.17) is 0 Å². The van der Waals surface area contributed by atoms with Gasteiger partial charge in [-0.15, -0.1) is 0 Å². The average Bonchev–Trinajstić information content (AvgIpc) is 2.43. The second kappa shape index (κ2) is 6.96. The smallest absolute Gasteiger partial charge is 0.271 e. The van der Waals surface area contributed by atoms with Gasteiger partial charge >= 0.3 is 0 Å². The lowest BCUT2D eigenvalue weighted by atomic mass is 10.3. The molecule has 1 aromatic rings. The lowest BCUT2D eigenvalue weighted by Crippen LogP contribution is -2.33. The van der Waals surface area contributed by atoms with Gasteiger partial charge in [0.1, 0.15) is 4.90 Å². The normalized spacial score (nSPS) is 14.4. The van der Waals surface area contributed by atoms with Crippen molar-refractivity contribution in [1.29, 1.82) is 0 Å². The van der Waals surface area contributed by atoms with Gasteiger partial charge in [-0.05, 0) is 13.0 Å². The molecule has 0 heterocycles. The monoisotopic (exact) mass is 335 g/mol. The maximum Gasteiger partial charge on any atom is 0.271 e. The average molecular weight is 335 g/mol. The molecule has 0 aromatic heterocycles. The molecule has 2 unspecified atom stereocenters. The van der Waals surface area contributed by atoms with Gasteiger partial charge in [0.2, 0.25) is 10.0 Å². The third kappa shape index (κ3) is 4.48. The molecule has 0 fully saturated rings. The Balaban J connectivity index is 3.08. The number of sulfonamides is 1. The molecule has 21 heavy (non-hydrogen) atoms. The molecule has 10 heteroatoms. The summed E-state index contributed by atoms with van der Waals surface area (Å²) in [5.74, 6) is 0. The summed E-state index contributed by atoms with van der Waals surface area (Å²) >= 11 is 0. The molecule has 0 aliphatic carbocycles. The lowest BCUT2D eigenvalue weighted by Gasteiger charge is -2.13. The lowest BCUT2D eigenvalue weighted by molar-refractivity contribution is -0.384. The van der Waals surface area contributed by atoms with Gasteiger partial charge in [0.05, 0.1) is 10.6 Å². The molecule has 0 saturated carbocycles. The third-order valence-corrected chi connectivity index (χ3v) is 5.64. The number of nitro groups is 1.